The topological polar surface area (TPSA) is 90.0 Å². The molecule has 1 N–H and O–H groups in total. The predicted molar refractivity (Wildman–Crippen MR) is 123 cm³/mol. The zero-order valence-electron chi connectivity index (χ0n) is 19.0. The molecule has 5 rings (SSSR count). The summed E-state index contributed by atoms with van der Waals surface area (Å²) in [6.45, 7) is 2.99. The number of halogens is 1. The number of piperazine rings is 1. The van der Waals surface area contributed by atoms with Crippen LogP contribution in [0, 0.1) is 5.82 Å². The number of urea groups is 1. The van der Waals surface area contributed by atoms with Crippen molar-refractivity contribution in [3.05, 3.63) is 65.0 Å². The van der Waals surface area contributed by atoms with Gasteiger partial charge < -0.3 is 5.32 Å². The van der Waals surface area contributed by atoms with Crippen LogP contribution in [0.15, 0.2) is 47.4 Å². The molecule has 1 aliphatic carbocycles. The van der Waals surface area contributed by atoms with E-state index in [2.05, 4.69) is 5.32 Å². The number of sulfonamides is 1. The van der Waals surface area contributed by atoms with Gasteiger partial charge in [0.05, 0.1) is 11.6 Å². The van der Waals surface area contributed by atoms with Crippen LogP contribution in [0.2, 0.25) is 0 Å². The van der Waals surface area contributed by atoms with E-state index in [1.165, 1.54) is 32.5 Å². The summed E-state index contributed by atoms with van der Waals surface area (Å²) in [6, 6.07) is 10.3. The fourth-order valence-electron chi connectivity index (χ4n) is 4.97. The number of benzene rings is 2. The Kier molecular flexibility index (Phi) is 5.70. The third kappa shape index (κ3) is 3.89. The van der Waals surface area contributed by atoms with Crippen LogP contribution in [0.4, 0.5) is 9.18 Å². The Morgan fingerprint density at radius 3 is 2.35 bits per heavy atom. The molecule has 0 saturated carbocycles. The molecule has 2 heterocycles. The van der Waals surface area contributed by atoms with Gasteiger partial charge in [-0.3, -0.25) is 9.69 Å². The fraction of sp³-hybridized carbons (Fsp3) is 0.417. The number of nitrogens with one attached hydrogen (secondary N) is 1. The van der Waals surface area contributed by atoms with Gasteiger partial charge in [0.2, 0.25) is 10.0 Å². The Hall–Kier alpha value is -2.82. The zero-order valence-corrected chi connectivity index (χ0v) is 19.8. The average Bonchev–Trinajstić information content (AvgIpc) is 3.38. The van der Waals surface area contributed by atoms with Crippen LogP contribution in [0.25, 0.3) is 0 Å². The van der Waals surface area contributed by atoms with E-state index < -0.39 is 27.4 Å². The highest BCUT2D eigenvalue weighted by Gasteiger charge is 2.49. The van der Waals surface area contributed by atoms with Crippen LogP contribution >= 0.6 is 0 Å². The molecule has 34 heavy (non-hydrogen) atoms. The Morgan fingerprint density at radius 1 is 0.971 bits per heavy atom. The largest absolute Gasteiger partial charge is 0.326 e. The van der Waals surface area contributed by atoms with Crippen molar-refractivity contribution in [2.45, 2.75) is 36.6 Å². The monoisotopic (exact) mass is 486 g/mol. The summed E-state index contributed by atoms with van der Waals surface area (Å²) in [5.74, 6) is -0.805. The Balaban J connectivity index is 1.25. The van der Waals surface area contributed by atoms with Gasteiger partial charge in [-0.05, 0) is 67.1 Å². The van der Waals surface area contributed by atoms with Gasteiger partial charge in [0.1, 0.15) is 11.4 Å². The number of carbonyl (C=O) groups is 2. The van der Waals surface area contributed by atoms with Gasteiger partial charge in [-0.15, -0.1) is 0 Å². The van der Waals surface area contributed by atoms with E-state index >= 15 is 0 Å². The van der Waals surface area contributed by atoms with Crippen LogP contribution in [0.5, 0.6) is 0 Å². The minimum atomic E-state index is -3.73. The number of imide groups is 1. The first-order valence-electron chi connectivity index (χ1n) is 11.4. The van der Waals surface area contributed by atoms with Crippen LogP contribution in [0.1, 0.15) is 30.0 Å². The summed E-state index contributed by atoms with van der Waals surface area (Å²) in [4.78, 5) is 29.2. The SMILES string of the molecule is C[C@]1(c2ccc3c(c2)CCC3)NC(=O)N(CN2CCN(S(=O)(=O)c3ccc(F)cc3)CC2)C1=O. The first kappa shape index (κ1) is 22.9. The van der Waals surface area contributed by atoms with E-state index in [1.807, 2.05) is 23.1 Å². The molecule has 2 fully saturated rings. The number of nitrogens with zero attached hydrogens (tertiary/aromatic N) is 3. The van der Waals surface area contributed by atoms with Crippen molar-refractivity contribution in [2.24, 2.45) is 0 Å². The molecule has 2 saturated heterocycles. The molecule has 0 aromatic heterocycles. The van der Waals surface area contributed by atoms with E-state index in [1.54, 1.807) is 6.92 Å². The number of carbonyl (C=O) groups excluding carboxylic acids is 2. The molecule has 8 nitrogen and oxygen atoms in total. The summed E-state index contributed by atoms with van der Waals surface area (Å²) in [5, 5.41) is 2.86. The van der Waals surface area contributed by atoms with Gasteiger partial charge >= 0.3 is 6.03 Å². The highest BCUT2D eigenvalue weighted by molar-refractivity contribution is 7.89. The maximum atomic E-state index is 13.3. The zero-order chi connectivity index (χ0) is 24.1. The highest BCUT2D eigenvalue weighted by atomic mass is 32.2. The van der Waals surface area contributed by atoms with Crippen molar-refractivity contribution in [1.29, 1.82) is 0 Å². The number of hydrogen-bond acceptors (Lipinski definition) is 5. The first-order valence-corrected chi connectivity index (χ1v) is 12.9. The van der Waals surface area contributed by atoms with Gasteiger partial charge in [0.25, 0.3) is 5.91 Å². The summed E-state index contributed by atoms with van der Waals surface area (Å²) in [7, 11) is -3.73. The van der Waals surface area contributed by atoms with Crippen molar-refractivity contribution in [2.75, 3.05) is 32.8 Å². The number of aryl methyl sites for hydroxylation is 2. The Labute approximate surface area is 198 Å². The predicted octanol–water partition coefficient (Wildman–Crippen LogP) is 2.05. The van der Waals surface area contributed by atoms with E-state index in [9.17, 15) is 22.4 Å². The fourth-order valence-corrected chi connectivity index (χ4v) is 6.39. The van der Waals surface area contributed by atoms with Gasteiger partial charge in [0.15, 0.2) is 0 Å². The molecule has 10 heteroatoms. The van der Waals surface area contributed by atoms with E-state index in [-0.39, 0.29) is 30.6 Å². The maximum absolute atomic E-state index is 13.3. The molecule has 0 radical (unpaired) electrons. The number of hydrogen-bond donors (Lipinski definition) is 1. The number of amides is 3. The van der Waals surface area contributed by atoms with Crippen molar-refractivity contribution < 1.29 is 22.4 Å². The van der Waals surface area contributed by atoms with Gasteiger partial charge in [-0.1, -0.05) is 18.2 Å². The lowest BCUT2D eigenvalue weighted by molar-refractivity contribution is -0.132. The lowest BCUT2D eigenvalue weighted by atomic mass is 9.90. The van der Waals surface area contributed by atoms with Crippen LogP contribution < -0.4 is 5.32 Å². The van der Waals surface area contributed by atoms with E-state index in [4.69, 9.17) is 0 Å². The van der Waals surface area contributed by atoms with Gasteiger partial charge in [-0.25, -0.2) is 22.5 Å². The summed E-state index contributed by atoms with van der Waals surface area (Å²) < 4.78 is 40.2. The quantitative estimate of drug-likeness (QED) is 0.654. The summed E-state index contributed by atoms with van der Waals surface area (Å²) in [6.07, 6.45) is 3.13. The molecule has 0 unspecified atom stereocenters. The second-order valence-electron chi connectivity index (χ2n) is 9.24. The Morgan fingerprint density at radius 2 is 1.65 bits per heavy atom. The number of rotatable bonds is 5. The summed E-state index contributed by atoms with van der Waals surface area (Å²) >= 11 is 0. The van der Waals surface area contributed by atoms with Gasteiger partial charge in [-0.2, -0.15) is 4.31 Å². The average molecular weight is 487 g/mol. The van der Waals surface area contributed by atoms with Crippen molar-refractivity contribution in [3.8, 4) is 0 Å². The molecule has 2 aromatic carbocycles. The van der Waals surface area contributed by atoms with E-state index in [0.29, 0.717) is 13.1 Å². The lowest BCUT2D eigenvalue weighted by Crippen LogP contribution is -2.52. The molecule has 180 valence electrons. The van der Waals surface area contributed by atoms with Crippen molar-refractivity contribution >= 4 is 22.0 Å². The molecule has 1 atom stereocenters. The molecule has 3 aliphatic rings. The molecule has 2 aromatic rings. The molecular formula is C24H27FN4O4S. The molecule has 3 amide bonds. The van der Waals surface area contributed by atoms with Crippen LogP contribution in [-0.2, 0) is 33.2 Å². The minimum Gasteiger partial charge on any atom is -0.319 e. The van der Waals surface area contributed by atoms with Crippen molar-refractivity contribution in [3.63, 3.8) is 0 Å². The molecular weight excluding hydrogens is 459 g/mol. The highest BCUT2D eigenvalue weighted by Crippen LogP contribution is 2.33. The van der Waals surface area contributed by atoms with Crippen LogP contribution in [0.3, 0.4) is 0 Å². The third-order valence-corrected chi connectivity index (χ3v) is 8.99. The van der Waals surface area contributed by atoms with Crippen LogP contribution in [-0.4, -0.2) is 67.3 Å². The Bertz CT molecular complexity index is 1240. The first-order chi connectivity index (χ1) is 16.2. The van der Waals surface area contributed by atoms with Gasteiger partial charge in [0, 0.05) is 26.2 Å². The number of fused-ring (bicyclic) bond motifs is 1. The maximum Gasteiger partial charge on any atom is 0.326 e. The smallest absolute Gasteiger partial charge is 0.319 e. The molecule has 0 spiro atoms. The molecule has 0 bridgehead atoms. The van der Waals surface area contributed by atoms with E-state index in [0.717, 1.165) is 37.0 Å². The lowest BCUT2D eigenvalue weighted by Gasteiger charge is -2.35. The van der Waals surface area contributed by atoms with Crippen molar-refractivity contribution in [1.82, 2.24) is 19.4 Å². The standard InChI is InChI=1S/C24H27FN4O4S/c1-24(19-6-5-17-3-2-4-18(17)15-19)22(30)29(23(31)26-24)16-27-11-13-28(14-12-27)34(32,33)21-9-7-20(25)8-10-21/h5-10,15H,2-4,11-14,16H2,1H3,(H,26,31)/t24-/m1/s1. The summed E-state index contributed by atoms with van der Waals surface area (Å²) in [5.41, 5.74) is 2.19. The third-order valence-electron chi connectivity index (χ3n) is 7.07. The minimum absolute atomic E-state index is 0.0431. The molecule has 2 aliphatic heterocycles. The second-order valence-corrected chi connectivity index (χ2v) is 11.2. The normalized spacial score (nSPS) is 23.9. The second kappa shape index (κ2) is 8.44.